The zero-order valence-electron chi connectivity index (χ0n) is 17.1. The highest BCUT2D eigenvalue weighted by Gasteiger charge is 2.24. The van der Waals surface area contributed by atoms with Gasteiger partial charge in [0, 0.05) is 28.2 Å². The van der Waals surface area contributed by atoms with Crippen LogP contribution in [-0.2, 0) is 4.74 Å². The molecule has 1 amide bonds. The van der Waals surface area contributed by atoms with E-state index in [1.807, 2.05) is 48.1 Å². The fourth-order valence-electron chi connectivity index (χ4n) is 3.34. The number of carbonyl (C=O) groups excluding carboxylic acids is 2. The molecule has 1 aromatic carbocycles. The second-order valence-electron chi connectivity index (χ2n) is 7.00. The number of thiazole rings is 1. The Labute approximate surface area is 182 Å². The zero-order chi connectivity index (χ0) is 21.4. The average Bonchev–Trinajstić information content (AvgIpc) is 3.38. The molecule has 0 aliphatic rings. The Bertz CT molecular complexity index is 1270. The van der Waals surface area contributed by atoms with Crippen LogP contribution in [0.1, 0.15) is 44.6 Å². The number of aryl methyl sites for hydroxylation is 3. The van der Waals surface area contributed by atoms with E-state index in [4.69, 9.17) is 4.74 Å². The number of amides is 1. The molecule has 3 aromatic heterocycles. The lowest BCUT2D eigenvalue weighted by Crippen LogP contribution is -2.15. The number of carbonyl (C=O) groups is 2. The molecule has 6 nitrogen and oxygen atoms in total. The maximum atomic E-state index is 12.9. The first-order valence-electron chi connectivity index (χ1n) is 9.49. The summed E-state index contributed by atoms with van der Waals surface area (Å²) in [6.07, 6.45) is 1.71. The molecule has 0 radical (unpaired) electrons. The molecule has 0 spiro atoms. The minimum absolute atomic E-state index is 0.255. The van der Waals surface area contributed by atoms with Crippen LogP contribution in [0, 0.1) is 20.8 Å². The lowest BCUT2D eigenvalue weighted by Gasteiger charge is -2.10. The fourth-order valence-corrected chi connectivity index (χ4v) is 5.13. The van der Waals surface area contributed by atoms with Gasteiger partial charge in [-0.15, -0.1) is 22.7 Å². The molecular formula is C22H21N3O3S2. The normalized spacial score (nSPS) is 11.1. The second kappa shape index (κ2) is 8.04. The smallest absolute Gasteiger partial charge is 0.341 e. The van der Waals surface area contributed by atoms with Gasteiger partial charge >= 0.3 is 5.97 Å². The van der Waals surface area contributed by atoms with Gasteiger partial charge in [0.15, 0.2) is 4.96 Å². The van der Waals surface area contributed by atoms with Crippen molar-refractivity contribution in [1.29, 1.82) is 0 Å². The summed E-state index contributed by atoms with van der Waals surface area (Å²) < 4.78 is 7.17. The van der Waals surface area contributed by atoms with E-state index in [-0.39, 0.29) is 12.5 Å². The molecule has 4 rings (SSSR count). The molecule has 1 N–H and O–H groups in total. The predicted octanol–water partition coefficient (Wildman–Crippen LogP) is 5.48. The van der Waals surface area contributed by atoms with E-state index >= 15 is 0 Å². The van der Waals surface area contributed by atoms with Crippen molar-refractivity contribution in [3.8, 4) is 11.1 Å². The van der Waals surface area contributed by atoms with Crippen molar-refractivity contribution in [1.82, 2.24) is 9.38 Å². The number of nitrogens with one attached hydrogen (secondary N) is 1. The highest BCUT2D eigenvalue weighted by atomic mass is 32.1. The van der Waals surface area contributed by atoms with Crippen molar-refractivity contribution >= 4 is 44.5 Å². The first-order valence-corrected chi connectivity index (χ1v) is 11.3. The van der Waals surface area contributed by atoms with Gasteiger partial charge in [-0.25, -0.2) is 9.78 Å². The molecule has 0 unspecified atom stereocenters. The van der Waals surface area contributed by atoms with Gasteiger partial charge in [0.2, 0.25) is 0 Å². The van der Waals surface area contributed by atoms with E-state index in [1.165, 1.54) is 22.7 Å². The van der Waals surface area contributed by atoms with Crippen LogP contribution < -0.4 is 5.32 Å². The van der Waals surface area contributed by atoms with Crippen molar-refractivity contribution in [3.63, 3.8) is 0 Å². The van der Waals surface area contributed by atoms with Gasteiger partial charge in [0.1, 0.15) is 16.3 Å². The highest BCUT2D eigenvalue weighted by Crippen LogP contribution is 2.38. The number of fused-ring (bicyclic) bond motifs is 1. The van der Waals surface area contributed by atoms with Crippen LogP contribution in [0.5, 0.6) is 0 Å². The fraction of sp³-hybridized carbons (Fsp3) is 0.227. The van der Waals surface area contributed by atoms with E-state index in [0.717, 1.165) is 32.9 Å². The third-order valence-corrected chi connectivity index (χ3v) is 6.64. The molecule has 0 atom stereocenters. The molecule has 0 saturated carbocycles. The molecule has 0 aliphatic heterocycles. The Hall–Kier alpha value is -2.97. The molecule has 3 heterocycles. The third-order valence-electron chi connectivity index (χ3n) is 4.79. The van der Waals surface area contributed by atoms with Gasteiger partial charge < -0.3 is 10.1 Å². The SMILES string of the molecule is CCOC(=O)c1c(-c2ccc(C)cc2C)csc1NC(=O)c1cn2c(C)csc2n1. The number of hydrogen-bond donors (Lipinski definition) is 1. The summed E-state index contributed by atoms with van der Waals surface area (Å²) in [4.78, 5) is 30.8. The predicted molar refractivity (Wildman–Crippen MR) is 121 cm³/mol. The third kappa shape index (κ3) is 3.64. The number of benzene rings is 1. The number of anilines is 1. The molecule has 30 heavy (non-hydrogen) atoms. The van der Waals surface area contributed by atoms with Gasteiger partial charge in [0.25, 0.3) is 5.91 Å². The van der Waals surface area contributed by atoms with E-state index in [0.29, 0.717) is 16.3 Å². The summed E-state index contributed by atoms with van der Waals surface area (Å²) in [7, 11) is 0. The van der Waals surface area contributed by atoms with Crippen LogP contribution in [-0.4, -0.2) is 27.9 Å². The summed E-state index contributed by atoms with van der Waals surface area (Å²) in [5, 5.41) is 7.19. The van der Waals surface area contributed by atoms with Crippen LogP contribution in [0.4, 0.5) is 5.00 Å². The van der Waals surface area contributed by atoms with Crippen molar-refractivity contribution in [3.05, 3.63) is 63.2 Å². The van der Waals surface area contributed by atoms with Crippen molar-refractivity contribution in [2.45, 2.75) is 27.7 Å². The largest absolute Gasteiger partial charge is 0.462 e. The molecule has 0 bridgehead atoms. The Morgan fingerprint density at radius 1 is 1.13 bits per heavy atom. The van der Waals surface area contributed by atoms with Gasteiger partial charge in [0.05, 0.1) is 6.61 Å². The number of rotatable bonds is 5. The number of thiophene rings is 1. The van der Waals surface area contributed by atoms with Gasteiger partial charge in [-0.2, -0.15) is 0 Å². The average molecular weight is 440 g/mol. The summed E-state index contributed by atoms with van der Waals surface area (Å²) in [6.45, 7) is 8.01. The van der Waals surface area contributed by atoms with Crippen LogP contribution in [0.3, 0.4) is 0 Å². The number of ether oxygens (including phenoxy) is 1. The quantitative estimate of drug-likeness (QED) is 0.418. The molecule has 4 aromatic rings. The van der Waals surface area contributed by atoms with E-state index in [1.54, 1.807) is 13.1 Å². The summed E-state index contributed by atoms with van der Waals surface area (Å²) in [6, 6.07) is 6.07. The van der Waals surface area contributed by atoms with Crippen LogP contribution >= 0.6 is 22.7 Å². The number of esters is 1. The number of hydrogen-bond acceptors (Lipinski definition) is 6. The number of nitrogens with zero attached hydrogens (tertiary/aromatic N) is 2. The molecule has 154 valence electrons. The van der Waals surface area contributed by atoms with E-state index in [9.17, 15) is 9.59 Å². The van der Waals surface area contributed by atoms with Crippen LogP contribution in [0.15, 0.2) is 35.2 Å². The minimum atomic E-state index is -0.453. The second-order valence-corrected chi connectivity index (χ2v) is 8.72. The Balaban J connectivity index is 1.72. The topological polar surface area (TPSA) is 72.7 Å². The van der Waals surface area contributed by atoms with Crippen molar-refractivity contribution in [2.75, 3.05) is 11.9 Å². The lowest BCUT2D eigenvalue weighted by molar-refractivity contribution is 0.0529. The Morgan fingerprint density at radius 2 is 1.93 bits per heavy atom. The molecule has 0 fully saturated rings. The van der Waals surface area contributed by atoms with Gasteiger partial charge in [-0.1, -0.05) is 23.8 Å². The summed E-state index contributed by atoms with van der Waals surface area (Å²) in [5.41, 5.74) is 5.60. The molecule has 8 heteroatoms. The maximum absolute atomic E-state index is 12.9. The number of imidazole rings is 1. The first kappa shape index (κ1) is 20.3. The maximum Gasteiger partial charge on any atom is 0.341 e. The van der Waals surface area contributed by atoms with Gasteiger partial charge in [-0.05, 0) is 38.8 Å². The molecule has 0 aliphatic carbocycles. The first-order chi connectivity index (χ1) is 14.4. The minimum Gasteiger partial charge on any atom is -0.462 e. The Morgan fingerprint density at radius 3 is 2.63 bits per heavy atom. The molecule has 0 saturated heterocycles. The Kier molecular flexibility index (Phi) is 5.44. The standard InChI is InChI=1S/C22H21N3O3S2/c1-5-28-21(27)18-16(15-7-6-12(2)8-13(15)3)11-29-20(18)24-19(26)17-9-25-14(4)10-30-22(25)23-17/h6-11H,5H2,1-4H3,(H,24,26). The van der Waals surface area contributed by atoms with Gasteiger partial charge in [-0.3, -0.25) is 9.20 Å². The monoisotopic (exact) mass is 439 g/mol. The summed E-state index contributed by atoms with van der Waals surface area (Å²) >= 11 is 2.79. The highest BCUT2D eigenvalue weighted by molar-refractivity contribution is 7.15. The van der Waals surface area contributed by atoms with Crippen LogP contribution in [0.25, 0.3) is 16.1 Å². The zero-order valence-corrected chi connectivity index (χ0v) is 18.7. The van der Waals surface area contributed by atoms with E-state index < -0.39 is 5.97 Å². The van der Waals surface area contributed by atoms with Crippen LogP contribution in [0.2, 0.25) is 0 Å². The lowest BCUT2D eigenvalue weighted by atomic mass is 9.97. The summed E-state index contributed by atoms with van der Waals surface area (Å²) in [5.74, 6) is -0.810. The van der Waals surface area contributed by atoms with E-state index in [2.05, 4.69) is 16.4 Å². The van der Waals surface area contributed by atoms with Crippen molar-refractivity contribution < 1.29 is 14.3 Å². The molecular weight excluding hydrogens is 418 g/mol. The van der Waals surface area contributed by atoms with Crippen molar-refractivity contribution in [2.24, 2.45) is 0 Å². The number of aromatic nitrogens is 2.